The predicted molar refractivity (Wildman–Crippen MR) is 129 cm³/mol. The maximum Gasteiger partial charge on any atom is 0.433 e. The van der Waals surface area contributed by atoms with Crippen LogP contribution in [0.4, 0.5) is 13.2 Å². The van der Waals surface area contributed by atoms with Gasteiger partial charge in [-0.1, -0.05) is 35.9 Å². The van der Waals surface area contributed by atoms with E-state index in [-0.39, 0.29) is 6.54 Å². The van der Waals surface area contributed by atoms with Gasteiger partial charge in [0.2, 0.25) is 6.41 Å². The van der Waals surface area contributed by atoms with Crippen molar-refractivity contribution < 1.29 is 18.0 Å². The molecule has 10 heteroatoms. The molecule has 1 aromatic carbocycles. The fourth-order valence-corrected chi connectivity index (χ4v) is 4.48. The minimum Gasteiger partial charge on any atom is -0.294 e. The van der Waals surface area contributed by atoms with E-state index < -0.39 is 11.9 Å². The van der Waals surface area contributed by atoms with E-state index in [1.807, 2.05) is 50.2 Å². The maximum atomic E-state index is 12.8. The van der Waals surface area contributed by atoms with Crippen LogP contribution >= 0.6 is 11.3 Å². The van der Waals surface area contributed by atoms with Crippen LogP contribution in [0.15, 0.2) is 66.0 Å². The lowest BCUT2D eigenvalue weighted by molar-refractivity contribution is -0.141. The summed E-state index contributed by atoms with van der Waals surface area (Å²) in [5, 5.41) is 10.5. The van der Waals surface area contributed by atoms with Gasteiger partial charge in [0.15, 0.2) is 5.49 Å². The normalized spacial score (nSPS) is 12.1. The van der Waals surface area contributed by atoms with Crippen molar-refractivity contribution in [1.29, 1.82) is 0 Å². The first-order valence-electron chi connectivity index (χ1n) is 10.6. The molecule has 0 aliphatic heterocycles. The number of hydrogen-bond donors (Lipinski definition) is 0. The van der Waals surface area contributed by atoms with Crippen LogP contribution in [0.3, 0.4) is 0 Å². The highest BCUT2D eigenvalue weighted by Gasteiger charge is 2.32. The lowest BCUT2D eigenvalue weighted by Crippen LogP contribution is -2.29. The number of rotatable bonds is 6. The van der Waals surface area contributed by atoms with Gasteiger partial charge in [-0.2, -0.15) is 28.1 Å². The summed E-state index contributed by atoms with van der Waals surface area (Å²) in [4.78, 5) is 17.4. The van der Waals surface area contributed by atoms with Crippen molar-refractivity contribution in [3.05, 3.63) is 88.1 Å². The molecule has 35 heavy (non-hydrogen) atoms. The molecule has 3 aromatic heterocycles. The number of carbonyl (C=O) groups is 1. The number of nitrogens with zero attached hydrogens (tertiary/aromatic N) is 5. The van der Waals surface area contributed by atoms with Crippen LogP contribution in [-0.2, 0) is 17.5 Å². The van der Waals surface area contributed by atoms with Crippen molar-refractivity contribution in [2.75, 3.05) is 7.05 Å². The maximum absolute atomic E-state index is 12.8. The molecular formula is C25H22F3N5OS. The second kappa shape index (κ2) is 9.83. The summed E-state index contributed by atoms with van der Waals surface area (Å²) in [5.41, 5.74) is 3.50. The zero-order valence-corrected chi connectivity index (χ0v) is 20.1. The summed E-state index contributed by atoms with van der Waals surface area (Å²) in [5.74, 6) is 0. The van der Waals surface area contributed by atoms with Gasteiger partial charge in [0, 0.05) is 34.1 Å². The molecule has 6 nitrogen and oxygen atoms in total. The SMILES string of the molecule is Cc1ccc(-c2cnn(C=O)/c(=N\N(C)Cc3ccc(C(F)(F)F)nc3)c2-c2ccc(C)s2)cc1. The number of halogens is 3. The van der Waals surface area contributed by atoms with Crippen molar-refractivity contribution in [1.82, 2.24) is 19.8 Å². The molecule has 4 aromatic rings. The second-order valence-corrected chi connectivity index (χ2v) is 9.34. The molecule has 0 spiro atoms. The molecule has 3 heterocycles. The molecule has 0 fully saturated rings. The van der Waals surface area contributed by atoms with E-state index in [0.717, 1.165) is 42.8 Å². The summed E-state index contributed by atoms with van der Waals surface area (Å²) in [6.07, 6.45) is -1.11. The van der Waals surface area contributed by atoms with E-state index in [0.29, 0.717) is 17.5 Å². The Morgan fingerprint density at radius 1 is 1.06 bits per heavy atom. The fraction of sp³-hybridized carbons (Fsp3) is 0.200. The van der Waals surface area contributed by atoms with Crippen LogP contribution in [0.25, 0.3) is 21.6 Å². The van der Waals surface area contributed by atoms with Gasteiger partial charge >= 0.3 is 6.18 Å². The molecule has 4 rings (SSSR count). The Balaban J connectivity index is 1.82. The van der Waals surface area contributed by atoms with E-state index >= 15 is 0 Å². The minimum atomic E-state index is -4.50. The number of alkyl halides is 3. The zero-order valence-electron chi connectivity index (χ0n) is 19.2. The van der Waals surface area contributed by atoms with Gasteiger partial charge in [-0.25, -0.2) is 0 Å². The molecule has 0 unspecified atom stereocenters. The third-order valence-corrected chi connectivity index (χ3v) is 6.28. The number of aromatic nitrogens is 3. The Labute approximate surface area is 204 Å². The predicted octanol–water partition coefficient (Wildman–Crippen LogP) is 5.30. The van der Waals surface area contributed by atoms with E-state index in [1.54, 1.807) is 29.6 Å². The monoisotopic (exact) mass is 497 g/mol. The third-order valence-electron chi connectivity index (χ3n) is 5.26. The third kappa shape index (κ3) is 5.48. The number of aryl methyl sites for hydroxylation is 2. The molecule has 0 radical (unpaired) electrons. The first-order chi connectivity index (χ1) is 16.7. The second-order valence-electron chi connectivity index (χ2n) is 8.05. The standard InChI is InChI=1S/C25H22F3N5OS/c1-16-4-8-19(9-5-16)20-13-30-33(15-34)24(23(20)21-10-6-17(2)35-21)31-32(3)14-18-7-11-22(29-12-18)25(26,27)28/h4-13,15H,14H2,1-3H3/b31-24-. The molecule has 0 N–H and O–H groups in total. The van der Waals surface area contributed by atoms with Gasteiger partial charge < -0.3 is 0 Å². The average Bonchev–Trinajstić information content (AvgIpc) is 3.25. The number of carbonyl (C=O) groups excluding carboxylic acids is 1. The van der Waals surface area contributed by atoms with Crippen LogP contribution in [0.1, 0.15) is 21.7 Å². The van der Waals surface area contributed by atoms with Crippen LogP contribution in [0.2, 0.25) is 0 Å². The van der Waals surface area contributed by atoms with Crippen molar-refractivity contribution in [3.63, 3.8) is 0 Å². The fourth-order valence-electron chi connectivity index (χ4n) is 3.56. The highest BCUT2D eigenvalue weighted by Crippen LogP contribution is 2.33. The van der Waals surface area contributed by atoms with Crippen molar-refractivity contribution in [3.8, 4) is 21.6 Å². The highest BCUT2D eigenvalue weighted by atomic mass is 32.1. The first kappa shape index (κ1) is 24.3. The smallest absolute Gasteiger partial charge is 0.294 e. The number of thiophene rings is 1. The Kier molecular flexibility index (Phi) is 6.83. The van der Waals surface area contributed by atoms with Gasteiger partial charge in [-0.15, -0.1) is 11.3 Å². The van der Waals surface area contributed by atoms with Crippen LogP contribution < -0.4 is 5.49 Å². The van der Waals surface area contributed by atoms with Crippen LogP contribution in [0, 0.1) is 13.8 Å². The van der Waals surface area contributed by atoms with Crippen LogP contribution in [-0.4, -0.2) is 33.2 Å². The van der Waals surface area contributed by atoms with Gasteiger partial charge in [0.05, 0.1) is 12.7 Å². The van der Waals surface area contributed by atoms with Crippen LogP contribution in [0.5, 0.6) is 0 Å². The summed E-state index contributed by atoms with van der Waals surface area (Å²) in [6, 6.07) is 14.2. The summed E-state index contributed by atoms with van der Waals surface area (Å²) >= 11 is 1.57. The van der Waals surface area contributed by atoms with Gasteiger partial charge in [0.1, 0.15) is 5.69 Å². The summed E-state index contributed by atoms with van der Waals surface area (Å²) < 4.78 is 39.6. The number of benzene rings is 1. The topological polar surface area (TPSA) is 63.4 Å². The van der Waals surface area contributed by atoms with E-state index in [2.05, 4.69) is 15.2 Å². The zero-order chi connectivity index (χ0) is 25.2. The summed E-state index contributed by atoms with van der Waals surface area (Å²) in [6.45, 7) is 4.18. The molecule has 0 aliphatic carbocycles. The average molecular weight is 498 g/mol. The van der Waals surface area contributed by atoms with Crippen molar-refractivity contribution in [2.45, 2.75) is 26.6 Å². The summed E-state index contributed by atoms with van der Waals surface area (Å²) in [7, 11) is 1.68. The molecule has 0 bridgehead atoms. The molecule has 0 saturated heterocycles. The van der Waals surface area contributed by atoms with Gasteiger partial charge in [0.25, 0.3) is 0 Å². The Hall–Kier alpha value is -3.79. The van der Waals surface area contributed by atoms with E-state index in [4.69, 9.17) is 0 Å². The van der Waals surface area contributed by atoms with E-state index in [9.17, 15) is 18.0 Å². The molecule has 0 aliphatic rings. The lowest BCUT2D eigenvalue weighted by Gasteiger charge is -2.16. The molecule has 0 amide bonds. The van der Waals surface area contributed by atoms with Crippen molar-refractivity contribution in [2.24, 2.45) is 5.10 Å². The Bertz CT molecular complexity index is 1410. The molecule has 180 valence electrons. The van der Waals surface area contributed by atoms with Crippen molar-refractivity contribution >= 4 is 17.7 Å². The minimum absolute atomic E-state index is 0.182. The van der Waals surface area contributed by atoms with Gasteiger partial charge in [-0.05, 0) is 43.2 Å². The number of hydrogen-bond acceptors (Lipinski definition) is 6. The molecular weight excluding hydrogens is 475 g/mol. The molecule has 0 saturated carbocycles. The Morgan fingerprint density at radius 3 is 2.37 bits per heavy atom. The first-order valence-corrected chi connectivity index (χ1v) is 11.5. The highest BCUT2D eigenvalue weighted by molar-refractivity contribution is 7.15. The largest absolute Gasteiger partial charge is 0.433 e. The molecule has 0 atom stereocenters. The quantitative estimate of drug-likeness (QED) is 0.268. The lowest BCUT2D eigenvalue weighted by atomic mass is 10.0. The number of pyridine rings is 1. The van der Waals surface area contributed by atoms with E-state index in [1.165, 1.54) is 12.3 Å². The Morgan fingerprint density at radius 2 is 1.80 bits per heavy atom. The van der Waals surface area contributed by atoms with Gasteiger partial charge in [-0.3, -0.25) is 14.8 Å².